The van der Waals surface area contributed by atoms with Gasteiger partial charge in [-0.05, 0) is 83.8 Å². The van der Waals surface area contributed by atoms with Gasteiger partial charge < -0.3 is 5.73 Å². The Balaban J connectivity index is 1.90. The lowest BCUT2D eigenvalue weighted by atomic mass is 9.96. The monoisotopic (exact) mass is 370 g/mol. The molecule has 0 fully saturated rings. The number of hydrogen-bond acceptors (Lipinski definition) is 5. The van der Waals surface area contributed by atoms with Gasteiger partial charge in [0.2, 0.25) is 0 Å². The molecule has 2 N–H and O–H groups in total. The zero-order chi connectivity index (χ0) is 18.8. The van der Waals surface area contributed by atoms with Gasteiger partial charge >= 0.3 is 0 Å². The first kappa shape index (κ1) is 17.1. The smallest absolute Gasteiger partial charge is 0.145 e. The van der Waals surface area contributed by atoms with Gasteiger partial charge in [0.1, 0.15) is 5.82 Å². The van der Waals surface area contributed by atoms with Crippen LogP contribution >= 0.6 is 11.5 Å². The summed E-state index contributed by atoms with van der Waals surface area (Å²) in [6.45, 7) is 5.53. The Morgan fingerprint density at radius 3 is 2.67 bits per heavy atom. The first-order valence-electron chi connectivity index (χ1n) is 8.54. The number of aromatic nitrogens is 2. The minimum atomic E-state index is 0.582. The fraction of sp³-hybridized carbons (Fsp3) is 0.0455. The van der Waals surface area contributed by atoms with Crippen molar-refractivity contribution < 1.29 is 0 Å². The number of allylic oxidation sites excluding steroid dienone is 3. The molecule has 2 heterocycles. The number of benzene rings is 2. The highest BCUT2D eigenvalue weighted by molar-refractivity contribution is 7.13. The molecule has 2 aromatic carbocycles. The van der Waals surface area contributed by atoms with Gasteiger partial charge in [-0.1, -0.05) is 18.2 Å². The lowest BCUT2D eigenvalue weighted by Gasteiger charge is -2.09. The van der Waals surface area contributed by atoms with E-state index < -0.39 is 0 Å². The number of hydrogen-bond donors (Lipinski definition) is 1. The van der Waals surface area contributed by atoms with E-state index in [0.29, 0.717) is 5.82 Å². The van der Waals surface area contributed by atoms with E-state index in [0.717, 1.165) is 43.3 Å². The van der Waals surface area contributed by atoms with Crippen LogP contribution in [0.15, 0.2) is 72.0 Å². The Kier molecular flexibility index (Phi) is 4.52. The minimum Gasteiger partial charge on any atom is -0.382 e. The highest BCUT2D eigenvalue weighted by Crippen LogP contribution is 2.33. The molecule has 0 saturated carbocycles. The van der Waals surface area contributed by atoms with E-state index in [4.69, 9.17) is 5.73 Å². The average molecular weight is 370 g/mol. The van der Waals surface area contributed by atoms with Gasteiger partial charge in [0, 0.05) is 23.2 Å². The molecule has 0 amide bonds. The second-order valence-corrected chi connectivity index (χ2v) is 6.92. The summed E-state index contributed by atoms with van der Waals surface area (Å²) in [6.07, 6.45) is 7.55. The molecule has 2 aromatic heterocycles. The summed E-state index contributed by atoms with van der Waals surface area (Å²) in [5, 5.41) is 2.09. The van der Waals surface area contributed by atoms with Crippen molar-refractivity contribution in [1.29, 1.82) is 0 Å². The molecule has 0 aliphatic carbocycles. The quantitative estimate of drug-likeness (QED) is 0.369. The molecule has 0 aliphatic heterocycles. The zero-order valence-electron chi connectivity index (χ0n) is 14.9. The van der Waals surface area contributed by atoms with Gasteiger partial charge in [-0.2, -0.15) is 4.37 Å². The van der Waals surface area contributed by atoms with Crippen molar-refractivity contribution in [3.8, 4) is 11.1 Å². The lowest BCUT2D eigenvalue weighted by molar-refractivity contribution is 1.40. The number of nitrogens with zero attached hydrogens (tertiary/aromatic N) is 3. The van der Waals surface area contributed by atoms with Crippen LogP contribution < -0.4 is 5.73 Å². The molecule has 0 aliphatic rings. The van der Waals surface area contributed by atoms with Gasteiger partial charge in [-0.25, -0.2) is 0 Å². The van der Waals surface area contributed by atoms with Crippen molar-refractivity contribution in [3.05, 3.63) is 72.6 Å². The van der Waals surface area contributed by atoms with Gasteiger partial charge in [0.25, 0.3) is 0 Å². The van der Waals surface area contributed by atoms with Gasteiger partial charge in [0.05, 0.1) is 10.2 Å². The summed E-state index contributed by atoms with van der Waals surface area (Å²) in [6, 6.07) is 14.6. The van der Waals surface area contributed by atoms with Crippen LogP contribution in [0.2, 0.25) is 0 Å². The fourth-order valence-electron chi connectivity index (χ4n) is 3.19. The molecule has 0 saturated heterocycles. The highest BCUT2D eigenvalue weighted by atomic mass is 32.1. The number of anilines is 1. The summed E-state index contributed by atoms with van der Waals surface area (Å²) >= 11 is 1.42. The maximum absolute atomic E-state index is 6.00. The molecule has 4 aromatic rings. The maximum atomic E-state index is 6.00. The SMILES string of the molecule is C=N/C=C\C(=C/C)c1ccnc2ccc(-c3ccc4snc(N)c4c3)cc12. The van der Waals surface area contributed by atoms with Crippen LogP contribution in [0.3, 0.4) is 0 Å². The summed E-state index contributed by atoms with van der Waals surface area (Å²) < 4.78 is 5.33. The molecule has 132 valence electrons. The van der Waals surface area contributed by atoms with Gasteiger partial charge in [0.15, 0.2) is 0 Å². The number of aliphatic imine (C=N–C) groups is 1. The molecule has 0 atom stereocenters. The van der Waals surface area contributed by atoms with Crippen LogP contribution in [0, 0.1) is 0 Å². The number of pyridine rings is 1. The first-order valence-corrected chi connectivity index (χ1v) is 9.31. The second-order valence-electron chi connectivity index (χ2n) is 6.11. The van der Waals surface area contributed by atoms with E-state index in [9.17, 15) is 0 Å². The van der Waals surface area contributed by atoms with Crippen molar-refractivity contribution in [2.24, 2.45) is 4.99 Å². The van der Waals surface area contributed by atoms with Crippen LogP contribution in [0.1, 0.15) is 12.5 Å². The number of rotatable bonds is 4. The largest absolute Gasteiger partial charge is 0.382 e. The molecule has 0 bridgehead atoms. The van der Waals surface area contributed by atoms with E-state index in [1.807, 2.05) is 25.3 Å². The number of fused-ring (bicyclic) bond motifs is 2. The topological polar surface area (TPSA) is 64.2 Å². The Morgan fingerprint density at radius 1 is 1.11 bits per heavy atom. The molecule has 27 heavy (non-hydrogen) atoms. The predicted molar refractivity (Wildman–Crippen MR) is 117 cm³/mol. The first-order chi connectivity index (χ1) is 13.2. The summed E-state index contributed by atoms with van der Waals surface area (Å²) in [5.74, 6) is 0.582. The number of nitrogen functional groups attached to an aromatic ring is 1. The highest BCUT2D eigenvalue weighted by Gasteiger charge is 2.09. The van der Waals surface area contributed by atoms with Crippen molar-refractivity contribution >= 4 is 50.6 Å². The second kappa shape index (κ2) is 7.13. The molecular formula is C22H18N4S. The lowest BCUT2D eigenvalue weighted by Crippen LogP contribution is -1.89. The molecule has 5 heteroatoms. The molecule has 4 rings (SSSR count). The van der Waals surface area contributed by atoms with Crippen LogP contribution in [-0.4, -0.2) is 16.1 Å². The number of nitrogens with two attached hydrogens (primary N) is 1. The van der Waals surface area contributed by atoms with E-state index in [1.165, 1.54) is 11.5 Å². The summed E-state index contributed by atoms with van der Waals surface area (Å²) in [7, 11) is 0. The van der Waals surface area contributed by atoms with E-state index in [2.05, 4.69) is 63.5 Å². The van der Waals surface area contributed by atoms with E-state index in [1.54, 1.807) is 6.20 Å². The normalized spacial score (nSPS) is 12.3. The standard InChI is InChI=1S/C22H18N4S/c1-3-14(8-10-24-2)17-9-11-25-20-6-4-15(12-18(17)20)16-5-7-21-19(13-16)22(23)26-27-21/h3-13H,2H2,1H3,(H2,23,26)/b10-8-,14-3+. The molecule has 0 radical (unpaired) electrons. The average Bonchev–Trinajstić information content (AvgIpc) is 3.08. The van der Waals surface area contributed by atoms with Crippen molar-refractivity contribution in [2.45, 2.75) is 6.92 Å². The third-order valence-electron chi connectivity index (χ3n) is 4.55. The zero-order valence-corrected chi connectivity index (χ0v) is 15.7. The Hall–Kier alpha value is -3.31. The fourth-order valence-corrected chi connectivity index (χ4v) is 3.87. The third kappa shape index (κ3) is 3.13. The van der Waals surface area contributed by atoms with E-state index >= 15 is 0 Å². The Morgan fingerprint density at radius 2 is 1.89 bits per heavy atom. The molecular weight excluding hydrogens is 352 g/mol. The van der Waals surface area contributed by atoms with Crippen LogP contribution in [0.4, 0.5) is 5.82 Å². The van der Waals surface area contributed by atoms with Crippen LogP contribution in [0.25, 0.3) is 37.7 Å². The maximum Gasteiger partial charge on any atom is 0.145 e. The Bertz CT molecular complexity index is 1220. The summed E-state index contributed by atoms with van der Waals surface area (Å²) in [5.41, 5.74) is 11.4. The third-order valence-corrected chi connectivity index (χ3v) is 5.39. The van der Waals surface area contributed by atoms with E-state index in [-0.39, 0.29) is 0 Å². The summed E-state index contributed by atoms with van der Waals surface area (Å²) in [4.78, 5) is 8.34. The van der Waals surface area contributed by atoms with Crippen molar-refractivity contribution in [1.82, 2.24) is 9.36 Å². The minimum absolute atomic E-state index is 0.582. The van der Waals surface area contributed by atoms with Crippen LogP contribution in [0.5, 0.6) is 0 Å². The van der Waals surface area contributed by atoms with Gasteiger partial charge in [-0.15, -0.1) is 0 Å². The predicted octanol–water partition coefficient (Wildman–Crippen LogP) is 5.71. The van der Waals surface area contributed by atoms with Crippen LogP contribution in [-0.2, 0) is 0 Å². The molecule has 0 unspecified atom stereocenters. The molecule has 4 nitrogen and oxygen atoms in total. The van der Waals surface area contributed by atoms with Crippen molar-refractivity contribution in [2.75, 3.05) is 5.73 Å². The van der Waals surface area contributed by atoms with Crippen molar-refractivity contribution in [3.63, 3.8) is 0 Å². The Labute approximate surface area is 161 Å². The van der Waals surface area contributed by atoms with Gasteiger partial charge in [-0.3, -0.25) is 9.98 Å². The molecule has 0 spiro atoms.